The number of benzene rings is 1. The lowest BCUT2D eigenvalue weighted by atomic mass is 10.1. The monoisotopic (exact) mass is 401 g/mol. The van der Waals surface area contributed by atoms with Crippen molar-refractivity contribution in [3.63, 3.8) is 0 Å². The number of hydrogen-bond donors (Lipinski definition) is 6. The summed E-state index contributed by atoms with van der Waals surface area (Å²) in [7, 11) is 0. The molecule has 4 rings (SSSR count). The fourth-order valence-electron chi connectivity index (χ4n) is 3.12. The number of ether oxygens (including phenoxy) is 1. The molecule has 3 aromatic rings. The van der Waals surface area contributed by atoms with Gasteiger partial charge in [-0.2, -0.15) is 10.1 Å². The molecule has 152 valence electrons. The third kappa shape index (κ3) is 3.45. The van der Waals surface area contributed by atoms with E-state index in [1.54, 1.807) is 0 Å². The van der Waals surface area contributed by atoms with Crippen LogP contribution >= 0.6 is 0 Å². The van der Waals surface area contributed by atoms with E-state index in [4.69, 9.17) is 10.5 Å². The van der Waals surface area contributed by atoms with E-state index < -0.39 is 36.7 Å². The summed E-state index contributed by atoms with van der Waals surface area (Å²) in [5.41, 5.74) is 8.53. The van der Waals surface area contributed by atoms with Gasteiger partial charge in [0.2, 0.25) is 11.9 Å². The highest BCUT2D eigenvalue weighted by molar-refractivity contribution is 5.80. The van der Waals surface area contributed by atoms with Crippen molar-refractivity contribution in [1.29, 1.82) is 0 Å². The Balaban J connectivity index is 1.77. The van der Waals surface area contributed by atoms with Crippen LogP contribution in [0.15, 0.2) is 40.2 Å². The maximum Gasteiger partial charge on any atom is 0.280 e. The zero-order chi connectivity index (χ0) is 20.5. The number of hydrazone groups is 1. The summed E-state index contributed by atoms with van der Waals surface area (Å²) in [6.45, 7) is -0.508. The third-order valence-corrected chi connectivity index (χ3v) is 4.52. The predicted octanol–water partition coefficient (Wildman–Crippen LogP) is -1.24. The quantitative estimate of drug-likeness (QED) is 0.225. The van der Waals surface area contributed by atoms with Crippen molar-refractivity contribution in [1.82, 2.24) is 19.5 Å². The summed E-state index contributed by atoms with van der Waals surface area (Å²) in [5, 5.41) is 34.0. The lowest BCUT2D eigenvalue weighted by Crippen LogP contribution is -2.33. The maximum atomic E-state index is 12.2. The van der Waals surface area contributed by atoms with Crippen LogP contribution in [0.1, 0.15) is 11.8 Å². The Hall–Kier alpha value is -3.32. The molecule has 0 amide bonds. The molecule has 1 saturated heterocycles. The van der Waals surface area contributed by atoms with Crippen molar-refractivity contribution in [2.75, 3.05) is 17.8 Å². The Bertz CT molecular complexity index is 1100. The molecule has 0 radical (unpaired) electrons. The second kappa shape index (κ2) is 7.60. The zero-order valence-corrected chi connectivity index (χ0v) is 15.0. The fraction of sp³-hybridized carbons (Fsp3) is 0.294. The number of aromatic nitrogens is 4. The van der Waals surface area contributed by atoms with Gasteiger partial charge in [0.25, 0.3) is 5.56 Å². The molecule has 0 unspecified atom stereocenters. The Morgan fingerprint density at radius 3 is 2.72 bits per heavy atom. The summed E-state index contributed by atoms with van der Waals surface area (Å²) in [5.74, 6) is -0.125. The van der Waals surface area contributed by atoms with Crippen LogP contribution < -0.4 is 16.7 Å². The SMILES string of the molecule is Nc1nc2c(nc(N/N=C\c3ccccc3)n2[C@@H]2O[C@H](CO)[C@H](O)[C@H]2O)c(=O)[nH]1. The molecule has 12 heteroatoms. The molecule has 0 aliphatic carbocycles. The molecule has 1 aliphatic rings. The van der Waals surface area contributed by atoms with Crippen molar-refractivity contribution in [2.24, 2.45) is 5.10 Å². The first kappa shape index (κ1) is 19.0. The minimum Gasteiger partial charge on any atom is -0.394 e. The van der Waals surface area contributed by atoms with Gasteiger partial charge < -0.3 is 25.8 Å². The van der Waals surface area contributed by atoms with Crippen molar-refractivity contribution >= 4 is 29.3 Å². The van der Waals surface area contributed by atoms with Crippen LogP contribution in [0.4, 0.5) is 11.9 Å². The molecular weight excluding hydrogens is 382 g/mol. The van der Waals surface area contributed by atoms with Gasteiger partial charge in [0, 0.05) is 0 Å². The van der Waals surface area contributed by atoms with Crippen LogP contribution in [0.5, 0.6) is 0 Å². The number of hydrogen-bond acceptors (Lipinski definition) is 10. The van der Waals surface area contributed by atoms with Crippen LogP contribution in [0, 0.1) is 0 Å². The molecule has 0 bridgehead atoms. The average Bonchev–Trinajstić information content (AvgIpc) is 3.20. The van der Waals surface area contributed by atoms with Gasteiger partial charge in [-0.3, -0.25) is 14.3 Å². The van der Waals surface area contributed by atoms with Crippen LogP contribution in [-0.4, -0.2) is 66.0 Å². The number of nitrogens with two attached hydrogens (primary N) is 1. The Labute approximate surface area is 163 Å². The fourth-order valence-corrected chi connectivity index (χ4v) is 3.12. The standard InChI is InChI=1S/C17H19N7O5/c18-16-21-13-10(14(28)22-16)20-17(23-19-6-8-4-2-1-3-5-8)24(13)15-12(27)11(26)9(7-25)29-15/h1-6,9,11-12,15,25-27H,7H2,(H,20,23)(H3,18,21,22,28)/b19-6-/t9-,11+,12-,15-/m1/s1. The number of nitrogens with zero attached hydrogens (tertiary/aromatic N) is 4. The number of H-pyrrole nitrogens is 1. The molecule has 2 aromatic heterocycles. The summed E-state index contributed by atoms with van der Waals surface area (Å²) < 4.78 is 6.83. The van der Waals surface area contributed by atoms with Crippen molar-refractivity contribution < 1.29 is 20.1 Å². The summed E-state index contributed by atoms with van der Waals surface area (Å²) in [4.78, 5) is 22.8. The first-order valence-electron chi connectivity index (χ1n) is 8.74. The summed E-state index contributed by atoms with van der Waals surface area (Å²) in [6, 6.07) is 9.25. The van der Waals surface area contributed by atoms with Crippen molar-refractivity contribution in [3.8, 4) is 0 Å². The molecule has 1 aromatic carbocycles. The molecule has 12 nitrogen and oxygen atoms in total. The maximum absolute atomic E-state index is 12.2. The summed E-state index contributed by atoms with van der Waals surface area (Å²) >= 11 is 0. The molecule has 1 fully saturated rings. The van der Waals surface area contributed by atoms with Gasteiger partial charge in [-0.1, -0.05) is 30.3 Å². The number of aromatic amines is 1. The van der Waals surface area contributed by atoms with E-state index in [0.717, 1.165) is 5.56 Å². The Kier molecular flexibility index (Phi) is 4.98. The molecule has 3 heterocycles. The number of anilines is 2. The van der Waals surface area contributed by atoms with Crippen molar-refractivity contribution in [3.05, 3.63) is 46.2 Å². The number of aliphatic hydroxyl groups is 3. The molecule has 4 atom stereocenters. The lowest BCUT2D eigenvalue weighted by Gasteiger charge is -2.18. The normalized spacial score (nSPS) is 24.5. The van der Waals surface area contributed by atoms with E-state index >= 15 is 0 Å². The van der Waals surface area contributed by atoms with E-state index in [1.807, 2.05) is 30.3 Å². The topological polar surface area (TPSA) is 184 Å². The number of imidazole rings is 1. The van der Waals surface area contributed by atoms with Gasteiger partial charge in [-0.15, -0.1) is 0 Å². The van der Waals surface area contributed by atoms with E-state index in [2.05, 4.69) is 25.5 Å². The van der Waals surface area contributed by atoms with Crippen LogP contribution in [0.25, 0.3) is 11.2 Å². The largest absolute Gasteiger partial charge is 0.394 e. The summed E-state index contributed by atoms with van der Waals surface area (Å²) in [6.07, 6.45) is -3.43. The van der Waals surface area contributed by atoms with E-state index in [-0.39, 0.29) is 23.1 Å². The molecule has 0 saturated carbocycles. The Morgan fingerprint density at radius 1 is 1.28 bits per heavy atom. The molecule has 7 N–H and O–H groups in total. The van der Waals surface area contributed by atoms with E-state index in [0.29, 0.717) is 0 Å². The highest BCUT2D eigenvalue weighted by Crippen LogP contribution is 2.33. The van der Waals surface area contributed by atoms with Gasteiger partial charge in [0.15, 0.2) is 17.4 Å². The lowest BCUT2D eigenvalue weighted by molar-refractivity contribution is -0.0501. The van der Waals surface area contributed by atoms with Gasteiger partial charge in [0.05, 0.1) is 12.8 Å². The van der Waals surface area contributed by atoms with E-state index in [1.165, 1.54) is 10.8 Å². The number of nitrogen functional groups attached to an aromatic ring is 1. The van der Waals surface area contributed by atoms with E-state index in [9.17, 15) is 20.1 Å². The highest BCUT2D eigenvalue weighted by Gasteiger charge is 2.45. The Morgan fingerprint density at radius 2 is 2.03 bits per heavy atom. The minimum absolute atomic E-state index is 0.0264. The second-order valence-corrected chi connectivity index (χ2v) is 6.44. The van der Waals surface area contributed by atoms with Gasteiger partial charge in [0.1, 0.15) is 18.3 Å². The molecule has 0 spiro atoms. The molecular formula is C17H19N7O5. The molecule has 1 aliphatic heterocycles. The minimum atomic E-state index is -1.41. The predicted molar refractivity (Wildman–Crippen MR) is 103 cm³/mol. The van der Waals surface area contributed by atoms with Crippen molar-refractivity contribution in [2.45, 2.75) is 24.5 Å². The van der Waals surface area contributed by atoms with Crippen LogP contribution in [-0.2, 0) is 4.74 Å². The second-order valence-electron chi connectivity index (χ2n) is 6.44. The number of fused-ring (bicyclic) bond motifs is 1. The smallest absolute Gasteiger partial charge is 0.280 e. The van der Waals surface area contributed by atoms with Gasteiger partial charge in [-0.25, -0.2) is 10.4 Å². The number of rotatable bonds is 5. The first-order chi connectivity index (χ1) is 14.0. The number of aliphatic hydroxyl groups excluding tert-OH is 3. The molecule has 29 heavy (non-hydrogen) atoms. The highest BCUT2D eigenvalue weighted by atomic mass is 16.6. The van der Waals surface area contributed by atoms with Gasteiger partial charge >= 0.3 is 0 Å². The number of nitrogens with one attached hydrogen (secondary N) is 2. The van der Waals surface area contributed by atoms with Crippen LogP contribution in [0.3, 0.4) is 0 Å². The first-order valence-corrected chi connectivity index (χ1v) is 8.74. The van der Waals surface area contributed by atoms with Crippen LogP contribution in [0.2, 0.25) is 0 Å². The zero-order valence-electron chi connectivity index (χ0n) is 15.0. The van der Waals surface area contributed by atoms with Gasteiger partial charge in [-0.05, 0) is 5.56 Å². The average molecular weight is 401 g/mol. The third-order valence-electron chi connectivity index (χ3n) is 4.52.